The van der Waals surface area contributed by atoms with Gasteiger partial charge in [0.2, 0.25) is 0 Å². The molecule has 0 bridgehead atoms. The fraction of sp³-hybridized carbons (Fsp3) is 0.571. The molecule has 4 heteroatoms. The van der Waals surface area contributed by atoms with Crippen molar-refractivity contribution in [2.75, 3.05) is 18.9 Å². The lowest BCUT2D eigenvalue weighted by molar-refractivity contribution is 0.0793. The van der Waals surface area contributed by atoms with E-state index in [9.17, 15) is 4.79 Å². The van der Waals surface area contributed by atoms with Crippen LogP contribution in [0, 0.1) is 0 Å². The molecule has 0 saturated heterocycles. The highest BCUT2D eigenvalue weighted by Gasteiger charge is 2.12. The summed E-state index contributed by atoms with van der Waals surface area (Å²) in [5.74, 6) is 0.0309. The van der Waals surface area contributed by atoms with Crippen LogP contribution in [0.15, 0.2) is 18.5 Å². The monoisotopic (exact) mass is 249 g/mol. The van der Waals surface area contributed by atoms with Crippen molar-refractivity contribution in [2.45, 2.75) is 39.7 Å². The predicted octanol–water partition coefficient (Wildman–Crippen LogP) is 2.77. The maximum Gasteiger partial charge on any atom is 0.255 e. The average Bonchev–Trinajstić information content (AvgIpc) is 2.34. The minimum Gasteiger partial charge on any atom is -0.382 e. The molecule has 0 spiro atoms. The summed E-state index contributed by atoms with van der Waals surface area (Å²) in [7, 11) is 1.83. The second kappa shape index (κ2) is 6.99. The van der Waals surface area contributed by atoms with Gasteiger partial charge in [-0.05, 0) is 26.3 Å². The van der Waals surface area contributed by atoms with Crippen LogP contribution in [0.2, 0.25) is 0 Å². The van der Waals surface area contributed by atoms with Gasteiger partial charge in [0, 0.05) is 32.0 Å². The van der Waals surface area contributed by atoms with E-state index >= 15 is 0 Å². The second-order valence-corrected chi connectivity index (χ2v) is 4.84. The first-order chi connectivity index (χ1) is 8.54. The first kappa shape index (κ1) is 14.5. The molecular weight excluding hydrogens is 226 g/mol. The highest BCUT2D eigenvalue weighted by molar-refractivity contribution is 5.94. The number of hydrogen-bond donors (Lipinski definition) is 1. The van der Waals surface area contributed by atoms with E-state index in [-0.39, 0.29) is 5.91 Å². The fourth-order valence-electron chi connectivity index (χ4n) is 1.69. The van der Waals surface area contributed by atoms with Gasteiger partial charge in [0.25, 0.3) is 5.91 Å². The zero-order valence-electron chi connectivity index (χ0n) is 11.7. The van der Waals surface area contributed by atoms with Gasteiger partial charge in [-0.25, -0.2) is 0 Å². The quantitative estimate of drug-likeness (QED) is 0.843. The van der Waals surface area contributed by atoms with E-state index in [1.807, 2.05) is 13.1 Å². The molecule has 1 heterocycles. The van der Waals surface area contributed by atoms with Crippen molar-refractivity contribution in [1.82, 2.24) is 9.88 Å². The van der Waals surface area contributed by atoms with Gasteiger partial charge in [0.05, 0.1) is 11.3 Å². The SMILES string of the molecule is CCCCN(C)C(=O)c1cncc(NC(C)C)c1. The van der Waals surface area contributed by atoms with Crippen molar-refractivity contribution in [3.63, 3.8) is 0 Å². The third kappa shape index (κ3) is 4.35. The average molecular weight is 249 g/mol. The summed E-state index contributed by atoms with van der Waals surface area (Å²) in [5.41, 5.74) is 1.53. The molecule has 4 nitrogen and oxygen atoms in total. The van der Waals surface area contributed by atoms with E-state index < -0.39 is 0 Å². The van der Waals surface area contributed by atoms with E-state index in [1.54, 1.807) is 17.3 Å². The lowest BCUT2D eigenvalue weighted by atomic mass is 10.2. The smallest absolute Gasteiger partial charge is 0.255 e. The molecule has 100 valence electrons. The molecule has 0 unspecified atom stereocenters. The molecule has 0 aliphatic rings. The third-order valence-corrected chi connectivity index (χ3v) is 2.63. The Balaban J connectivity index is 2.73. The topological polar surface area (TPSA) is 45.2 Å². The number of carbonyl (C=O) groups is 1. The molecule has 0 fully saturated rings. The van der Waals surface area contributed by atoms with Gasteiger partial charge >= 0.3 is 0 Å². The standard InChI is InChI=1S/C14H23N3O/c1-5-6-7-17(4)14(18)12-8-13(10-15-9-12)16-11(2)3/h8-11,16H,5-7H2,1-4H3. The lowest BCUT2D eigenvalue weighted by Crippen LogP contribution is -2.27. The number of hydrogen-bond acceptors (Lipinski definition) is 3. The first-order valence-corrected chi connectivity index (χ1v) is 6.51. The molecule has 0 radical (unpaired) electrons. The van der Waals surface area contributed by atoms with Crippen molar-refractivity contribution >= 4 is 11.6 Å². The Morgan fingerprint density at radius 3 is 2.78 bits per heavy atom. The Hall–Kier alpha value is -1.58. The van der Waals surface area contributed by atoms with E-state index in [1.165, 1.54) is 0 Å². The number of pyridine rings is 1. The zero-order valence-corrected chi connectivity index (χ0v) is 11.7. The van der Waals surface area contributed by atoms with Gasteiger partial charge in [-0.15, -0.1) is 0 Å². The van der Waals surface area contributed by atoms with Crippen LogP contribution in [0.5, 0.6) is 0 Å². The number of rotatable bonds is 6. The van der Waals surface area contributed by atoms with Crippen LogP contribution in [0.4, 0.5) is 5.69 Å². The molecule has 0 aliphatic heterocycles. The van der Waals surface area contributed by atoms with Crippen molar-refractivity contribution in [3.05, 3.63) is 24.0 Å². The van der Waals surface area contributed by atoms with Crippen LogP contribution in [0.25, 0.3) is 0 Å². The molecule has 1 aromatic rings. The third-order valence-electron chi connectivity index (χ3n) is 2.63. The maximum absolute atomic E-state index is 12.1. The highest BCUT2D eigenvalue weighted by atomic mass is 16.2. The van der Waals surface area contributed by atoms with Crippen molar-refractivity contribution in [1.29, 1.82) is 0 Å². The van der Waals surface area contributed by atoms with Crippen molar-refractivity contribution < 1.29 is 4.79 Å². The van der Waals surface area contributed by atoms with Crippen LogP contribution in [-0.2, 0) is 0 Å². The first-order valence-electron chi connectivity index (χ1n) is 6.51. The van der Waals surface area contributed by atoms with Gasteiger partial charge in [-0.1, -0.05) is 13.3 Å². The number of anilines is 1. The Bertz CT molecular complexity index is 390. The van der Waals surface area contributed by atoms with Gasteiger partial charge in [-0.3, -0.25) is 9.78 Å². The molecule has 0 aromatic carbocycles. The zero-order chi connectivity index (χ0) is 13.5. The molecule has 0 atom stereocenters. The summed E-state index contributed by atoms with van der Waals surface area (Å²) in [5, 5.41) is 3.25. The van der Waals surface area contributed by atoms with Gasteiger partial charge in [0.1, 0.15) is 0 Å². The summed E-state index contributed by atoms with van der Waals surface area (Å²) in [6.07, 6.45) is 5.48. The van der Waals surface area contributed by atoms with Crippen LogP contribution in [0.1, 0.15) is 44.0 Å². The molecule has 1 rings (SSSR count). The van der Waals surface area contributed by atoms with E-state index in [0.29, 0.717) is 11.6 Å². The summed E-state index contributed by atoms with van der Waals surface area (Å²) >= 11 is 0. The van der Waals surface area contributed by atoms with E-state index in [2.05, 4.69) is 31.1 Å². The summed E-state index contributed by atoms with van der Waals surface area (Å²) in [6.45, 7) is 7.02. The van der Waals surface area contributed by atoms with Crippen LogP contribution in [0.3, 0.4) is 0 Å². The number of amides is 1. The summed E-state index contributed by atoms with van der Waals surface area (Å²) in [4.78, 5) is 18.0. The summed E-state index contributed by atoms with van der Waals surface area (Å²) < 4.78 is 0. The lowest BCUT2D eigenvalue weighted by Gasteiger charge is -2.17. The van der Waals surface area contributed by atoms with Gasteiger partial charge < -0.3 is 10.2 Å². The molecule has 1 N–H and O–H groups in total. The second-order valence-electron chi connectivity index (χ2n) is 4.84. The molecular formula is C14H23N3O. The minimum atomic E-state index is 0.0309. The minimum absolute atomic E-state index is 0.0309. The molecule has 1 aromatic heterocycles. The van der Waals surface area contributed by atoms with Crippen LogP contribution >= 0.6 is 0 Å². The highest BCUT2D eigenvalue weighted by Crippen LogP contribution is 2.11. The number of carbonyl (C=O) groups excluding carboxylic acids is 1. The van der Waals surface area contributed by atoms with E-state index in [0.717, 1.165) is 25.1 Å². The summed E-state index contributed by atoms with van der Waals surface area (Å²) in [6, 6.07) is 2.19. The Labute approximate surface area is 109 Å². The van der Waals surface area contributed by atoms with Crippen LogP contribution in [-0.4, -0.2) is 35.4 Å². The molecule has 0 aliphatic carbocycles. The number of unbranched alkanes of at least 4 members (excludes halogenated alkanes) is 1. The maximum atomic E-state index is 12.1. The normalized spacial score (nSPS) is 10.5. The van der Waals surface area contributed by atoms with Crippen molar-refractivity contribution in [3.8, 4) is 0 Å². The number of nitrogens with one attached hydrogen (secondary N) is 1. The van der Waals surface area contributed by atoms with Gasteiger partial charge in [-0.2, -0.15) is 0 Å². The largest absolute Gasteiger partial charge is 0.382 e. The fourth-order valence-corrected chi connectivity index (χ4v) is 1.69. The predicted molar refractivity (Wildman–Crippen MR) is 74.9 cm³/mol. The van der Waals surface area contributed by atoms with Crippen molar-refractivity contribution in [2.24, 2.45) is 0 Å². The Morgan fingerprint density at radius 2 is 2.17 bits per heavy atom. The van der Waals surface area contributed by atoms with Crippen LogP contribution < -0.4 is 5.32 Å². The number of nitrogens with zero attached hydrogens (tertiary/aromatic N) is 2. The molecule has 0 saturated carbocycles. The number of aromatic nitrogens is 1. The Morgan fingerprint density at radius 1 is 1.44 bits per heavy atom. The van der Waals surface area contributed by atoms with E-state index in [4.69, 9.17) is 0 Å². The Kier molecular flexibility index (Phi) is 5.62. The van der Waals surface area contributed by atoms with Gasteiger partial charge in [0.15, 0.2) is 0 Å². The molecule has 18 heavy (non-hydrogen) atoms. The molecule has 1 amide bonds.